The van der Waals surface area contributed by atoms with Crippen molar-refractivity contribution < 1.29 is 13.6 Å². The Balaban J connectivity index is 1.22. The normalized spacial score (nSPS) is 21.0. The molecule has 6 rings (SSSR count). The van der Waals surface area contributed by atoms with Gasteiger partial charge in [-0.3, -0.25) is 4.79 Å². The number of aryl methyl sites for hydroxylation is 1. The number of nitrogens with two attached hydrogens (primary N) is 1. The van der Waals surface area contributed by atoms with Crippen LogP contribution in [0.2, 0.25) is 0 Å². The second kappa shape index (κ2) is 8.13. The van der Waals surface area contributed by atoms with E-state index in [0.29, 0.717) is 34.9 Å². The van der Waals surface area contributed by atoms with Crippen LogP contribution in [0.3, 0.4) is 0 Å². The molecule has 2 aliphatic rings. The first-order valence-electron chi connectivity index (χ1n) is 12.1. The standard InChI is InChI=1S/C28H28FN5O2/c1-15-31-23-11-24(17(14-35)8-25(23)36-15)34-12-20-21(13-34)27(20)33-26-10-18(28(2,3)30)9-22(32-26)16-4-6-19(29)7-5-16/h4-11,14,20-21,27H,12-13,30H2,1-3H3,(H,32,33)/t20-,21+,27?. The quantitative estimate of drug-likeness (QED) is 0.375. The molecule has 1 aliphatic heterocycles. The number of nitrogens with one attached hydrogen (secondary N) is 1. The van der Waals surface area contributed by atoms with E-state index in [1.165, 1.54) is 12.1 Å². The third-order valence-corrected chi connectivity index (χ3v) is 7.33. The van der Waals surface area contributed by atoms with Crippen molar-refractivity contribution in [3.8, 4) is 11.3 Å². The lowest BCUT2D eigenvalue weighted by molar-refractivity contribution is 0.112. The Morgan fingerprint density at radius 1 is 1.11 bits per heavy atom. The number of rotatable bonds is 6. The molecule has 8 heteroatoms. The molecule has 3 heterocycles. The molecule has 2 aromatic carbocycles. The van der Waals surface area contributed by atoms with Gasteiger partial charge in [-0.15, -0.1) is 0 Å². The highest BCUT2D eigenvalue weighted by Crippen LogP contribution is 2.49. The fourth-order valence-electron chi connectivity index (χ4n) is 5.32. The fraction of sp³-hybridized carbons (Fsp3) is 0.321. The summed E-state index contributed by atoms with van der Waals surface area (Å²) in [5.41, 5.74) is 11.4. The van der Waals surface area contributed by atoms with Crippen LogP contribution in [-0.4, -0.2) is 35.4 Å². The predicted molar refractivity (Wildman–Crippen MR) is 138 cm³/mol. The van der Waals surface area contributed by atoms with Gasteiger partial charge in [-0.05, 0) is 67.9 Å². The molecule has 1 aliphatic carbocycles. The first kappa shape index (κ1) is 22.7. The van der Waals surface area contributed by atoms with Crippen molar-refractivity contribution in [3.05, 3.63) is 71.4 Å². The molecule has 3 atom stereocenters. The van der Waals surface area contributed by atoms with Crippen molar-refractivity contribution in [2.75, 3.05) is 23.3 Å². The summed E-state index contributed by atoms with van der Waals surface area (Å²) in [4.78, 5) is 23.3. The molecule has 0 spiro atoms. The summed E-state index contributed by atoms with van der Waals surface area (Å²) in [6.45, 7) is 7.42. The molecule has 3 N–H and O–H groups in total. The summed E-state index contributed by atoms with van der Waals surface area (Å²) >= 11 is 0. The molecule has 0 bridgehead atoms. The van der Waals surface area contributed by atoms with E-state index in [1.807, 2.05) is 32.0 Å². The first-order valence-corrected chi connectivity index (χ1v) is 12.1. The summed E-state index contributed by atoms with van der Waals surface area (Å²) < 4.78 is 19.0. The van der Waals surface area contributed by atoms with Crippen LogP contribution >= 0.6 is 0 Å². The summed E-state index contributed by atoms with van der Waals surface area (Å²) in [5.74, 6) is 1.97. The molecular weight excluding hydrogens is 457 g/mol. The smallest absolute Gasteiger partial charge is 0.192 e. The fourth-order valence-corrected chi connectivity index (χ4v) is 5.32. The Morgan fingerprint density at radius 3 is 2.50 bits per heavy atom. The van der Waals surface area contributed by atoms with E-state index in [9.17, 15) is 9.18 Å². The van der Waals surface area contributed by atoms with E-state index >= 15 is 0 Å². The zero-order valence-electron chi connectivity index (χ0n) is 20.5. The molecule has 1 saturated carbocycles. The van der Waals surface area contributed by atoms with Gasteiger partial charge >= 0.3 is 0 Å². The van der Waals surface area contributed by atoms with E-state index in [-0.39, 0.29) is 5.82 Å². The average molecular weight is 486 g/mol. The summed E-state index contributed by atoms with van der Waals surface area (Å²) in [7, 11) is 0. The third-order valence-electron chi connectivity index (χ3n) is 7.33. The molecule has 1 unspecified atom stereocenters. The maximum Gasteiger partial charge on any atom is 0.192 e. The number of carbonyl (C=O) groups excluding carboxylic acids is 1. The van der Waals surface area contributed by atoms with Crippen molar-refractivity contribution in [1.82, 2.24) is 9.97 Å². The number of halogens is 1. The Morgan fingerprint density at radius 2 is 1.83 bits per heavy atom. The van der Waals surface area contributed by atoms with Crippen LogP contribution in [0.5, 0.6) is 0 Å². The second-order valence-corrected chi connectivity index (χ2v) is 10.5. The Kier molecular flexibility index (Phi) is 5.12. The van der Waals surface area contributed by atoms with Crippen molar-refractivity contribution in [3.63, 3.8) is 0 Å². The van der Waals surface area contributed by atoms with Crippen molar-refractivity contribution in [1.29, 1.82) is 0 Å². The first-order chi connectivity index (χ1) is 17.2. The molecule has 184 valence electrons. The molecule has 4 aromatic rings. The largest absolute Gasteiger partial charge is 0.441 e. The molecule has 0 amide bonds. The number of carbonyl (C=O) groups is 1. The second-order valence-electron chi connectivity index (χ2n) is 10.5. The van der Waals surface area contributed by atoms with Crippen LogP contribution in [0.4, 0.5) is 15.9 Å². The Hall–Kier alpha value is -3.78. The van der Waals surface area contributed by atoms with Gasteiger partial charge in [0, 0.05) is 60.2 Å². The highest BCUT2D eigenvalue weighted by atomic mass is 19.1. The highest BCUT2D eigenvalue weighted by molar-refractivity contribution is 5.92. The number of fused-ring (bicyclic) bond motifs is 2. The lowest BCUT2D eigenvalue weighted by Gasteiger charge is -2.24. The van der Waals surface area contributed by atoms with Crippen molar-refractivity contribution >= 4 is 28.9 Å². The molecule has 36 heavy (non-hydrogen) atoms. The van der Waals surface area contributed by atoms with Gasteiger partial charge in [-0.25, -0.2) is 14.4 Å². The van der Waals surface area contributed by atoms with Gasteiger partial charge in [0.05, 0.1) is 5.69 Å². The average Bonchev–Trinajstić information content (AvgIpc) is 3.16. The van der Waals surface area contributed by atoms with Gasteiger partial charge in [0.25, 0.3) is 0 Å². The van der Waals surface area contributed by atoms with Crippen LogP contribution in [0.25, 0.3) is 22.4 Å². The van der Waals surface area contributed by atoms with E-state index in [2.05, 4.69) is 15.2 Å². The van der Waals surface area contributed by atoms with Crippen molar-refractivity contribution in [2.24, 2.45) is 17.6 Å². The van der Waals surface area contributed by atoms with E-state index in [4.69, 9.17) is 15.1 Å². The van der Waals surface area contributed by atoms with Gasteiger partial charge < -0.3 is 20.4 Å². The number of benzene rings is 2. The van der Waals surface area contributed by atoms with Crippen LogP contribution in [0, 0.1) is 24.6 Å². The Labute approximate surface area is 208 Å². The number of piperidine rings is 1. The summed E-state index contributed by atoms with van der Waals surface area (Å²) in [5, 5.41) is 3.62. The van der Waals surface area contributed by atoms with Crippen LogP contribution < -0.4 is 16.0 Å². The molecule has 0 radical (unpaired) electrons. The number of oxazole rings is 1. The van der Waals surface area contributed by atoms with Crippen LogP contribution in [-0.2, 0) is 5.54 Å². The maximum atomic E-state index is 13.5. The number of hydrogen-bond donors (Lipinski definition) is 2. The minimum Gasteiger partial charge on any atom is -0.441 e. The summed E-state index contributed by atoms with van der Waals surface area (Å²) in [6.07, 6.45) is 0.882. The molecule has 2 aromatic heterocycles. The van der Waals surface area contributed by atoms with Gasteiger partial charge in [0.1, 0.15) is 17.2 Å². The van der Waals surface area contributed by atoms with Gasteiger partial charge in [-0.1, -0.05) is 0 Å². The van der Waals surface area contributed by atoms with E-state index in [1.54, 1.807) is 25.1 Å². The number of aldehydes is 1. The SMILES string of the molecule is Cc1nc2cc(N3C[C@@H]4C(Nc5cc(C(C)(C)N)cc(-c6ccc(F)cc6)n5)[C@@H]4C3)c(C=O)cc2o1. The molecule has 7 nitrogen and oxygen atoms in total. The number of pyridine rings is 1. The lowest BCUT2D eigenvalue weighted by atomic mass is 9.94. The summed E-state index contributed by atoms with van der Waals surface area (Å²) in [6, 6.07) is 14.3. The van der Waals surface area contributed by atoms with Gasteiger partial charge in [0.2, 0.25) is 0 Å². The highest BCUT2D eigenvalue weighted by Gasteiger charge is 2.56. The van der Waals surface area contributed by atoms with Gasteiger partial charge in [-0.2, -0.15) is 0 Å². The molecule has 2 fully saturated rings. The monoisotopic (exact) mass is 485 g/mol. The van der Waals surface area contributed by atoms with Crippen molar-refractivity contribution in [2.45, 2.75) is 32.4 Å². The maximum absolute atomic E-state index is 13.5. The molecule has 1 saturated heterocycles. The third kappa shape index (κ3) is 4.01. The number of anilines is 2. The topological polar surface area (TPSA) is 97.3 Å². The predicted octanol–water partition coefficient (Wildman–Crippen LogP) is 4.89. The minimum absolute atomic E-state index is 0.279. The lowest BCUT2D eigenvalue weighted by Crippen LogP contribution is -2.30. The van der Waals surface area contributed by atoms with Crippen LogP contribution in [0.1, 0.15) is 35.7 Å². The van der Waals surface area contributed by atoms with Gasteiger partial charge in [0.15, 0.2) is 17.8 Å². The minimum atomic E-state index is -0.548. The number of aromatic nitrogens is 2. The zero-order chi connectivity index (χ0) is 25.2. The van der Waals surface area contributed by atoms with E-state index < -0.39 is 5.54 Å². The van der Waals surface area contributed by atoms with E-state index in [0.717, 1.165) is 53.2 Å². The van der Waals surface area contributed by atoms with Crippen LogP contribution in [0.15, 0.2) is 52.9 Å². The number of nitrogens with zero attached hydrogens (tertiary/aromatic N) is 3. The number of hydrogen-bond acceptors (Lipinski definition) is 7. The Bertz CT molecular complexity index is 1460. The molecular formula is C28H28FN5O2. The zero-order valence-corrected chi connectivity index (χ0v) is 20.5.